The molecule has 2 N–H and O–H groups in total. The first-order valence-corrected chi connectivity index (χ1v) is 8.08. The van der Waals surface area contributed by atoms with Gasteiger partial charge in [0.2, 0.25) is 5.91 Å². The second-order valence-corrected chi connectivity index (χ2v) is 5.74. The van der Waals surface area contributed by atoms with Crippen molar-refractivity contribution in [2.75, 3.05) is 25.1 Å². The van der Waals surface area contributed by atoms with Gasteiger partial charge in [-0.1, -0.05) is 12.1 Å². The molecule has 2 aromatic rings. The van der Waals surface area contributed by atoms with Crippen LogP contribution in [0.1, 0.15) is 24.1 Å². The zero-order valence-corrected chi connectivity index (χ0v) is 13.9. The summed E-state index contributed by atoms with van der Waals surface area (Å²) in [5, 5.41) is 14.8. The Balaban J connectivity index is 1.56. The highest BCUT2D eigenvalue weighted by Crippen LogP contribution is 2.32. The number of hydrogen-bond acceptors (Lipinski definition) is 5. The van der Waals surface area contributed by atoms with Crippen molar-refractivity contribution in [3.05, 3.63) is 53.6 Å². The Bertz CT molecular complexity index is 814. The van der Waals surface area contributed by atoms with Crippen molar-refractivity contribution in [1.29, 1.82) is 5.26 Å². The van der Waals surface area contributed by atoms with Gasteiger partial charge >= 0.3 is 0 Å². The van der Waals surface area contributed by atoms with Crippen molar-refractivity contribution in [3.63, 3.8) is 0 Å². The van der Waals surface area contributed by atoms with Crippen LogP contribution in [0.5, 0.6) is 11.5 Å². The van der Waals surface area contributed by atoms with E-state index >= 15 is 0 Å². The molecule has 1 aliphatic rings. The summed E-state index contributed by atoms with van der Waals surface area (Å²) >= 11 is 0. The van der Waals surface area contributed by atoms with Gasteiger partial charge in [-0.3, -0.25) is 4.79 Å². The third-order valence-corrected chi connectivity index (χ3v) is 3.89. The van der Waals surface area contributed by atoms with E-state index in [1.54, 1.807) is 18.2 Å². The summed E-state index contributed by atoms with van der Waals surface area (Å²) in [7, 11) is 0. The molecule has 0 bridgehead atoms. The Morgan fingerprint density at radius 1 is 1.20 bits per heavy atom. The number of amides is 1. The topological polar surface area (TPSA) is 83.4 Å². The fourth-order valence-electron chi connectivity index (χ4n) is 2.59. The van der Waals surface area contributed by atoms with Gasteiger partial charge in [0.1, 0.15) is 13.2 Å². The minimum absolute atomic E-state index is 0.129. The molecule has 128 valence electrons. The van der Waals surface area contributed by atoms with Gasteiger partial charge in [0.05, 0.1) is 24.2 Å². The molecular formula is C19H19N3O3. The largest absolute Gasteiger partial charge is 0.486 e. The van der Waals surface area contributed by atoms with Crippen LogP contribution in [-0.4, -0.2) is 25.7 Å². The van der Waals surface area contributed by atoms with E-state index in [2.05, 4.69) is 16.7 Å². The van der Waals surface area contributed by atoms with E-state index in [1.807, 2.05) is 31.2 Å². The molecule has 3 rings (SSSR count). The maximum absolute atomic E-state index is 12.1. The molecule has 0 aliphatic carbocycles. The van der Waals surface area contributed by atoms with E-state index < -0.39 is 0 Å². The summed E-state index contributed by atoms with van der Waals surface area (Å²) < 4.78 is 11.1. The number of fused-ring (bicyclic) bond motifs is 1. The Morgan fingerprint density at radius 3 is 2.80 bits per heavy atom. The number of carbonyl (C=O) groups excluding carboxylic acids is 1. The van der Waals surface area contributed by atoms with E-state index in [9.17, 15) is 4.79 Å². The molecule has 2 aromatic carbocycles. The van der Waals surface area contributed by atoms with Gasteiger partial charge in [-0.15, -0.1) is 0 Å². The molecule has 0 radical (unpaired) electrons. The quantitative estimate of drug-likeness (QED) is 0.876. The molecule has 6 nitrogen and oxygen atoms in total. The summed E-state index contributed by atoms with van der Waals surface area (Å²) in [5.74, 6) is 1.30. The summed E-state index contributed by atoms with van der Waals surface area (Å²) in [4.78, 5) is 12.1. The lowest BCUT2D eigenvalue weighted by Crippen LogP contribution is -2.32. The monoisotopic (exact) mass is 337 g/mol. The lowest BCUT2D eigenvalue weighted by atomic mass is 10.1. The Hall–Kier alpha value is -3.20. The molecule has 0 saturated heterocycles. The van der Waals surface area contributed by atoms with Gasteiger partial charge in [0.15, 0.2) is 11.5 Å². The number of ether oxygens (including phenoxy) is 2. The van der Waals surface area contributed by atoms with Crippen LogP contribution >= 0.6 is 0 Å². The van der Waals surface area contributed by atoms with E-state index in [1.165, 1.54) is 0 Å². The van der Waals surface area contributed by atoms with Crippen molar-refractivity contribution in [3.8, 4) is 17.6 Å². The van der Waals surface area contributed by atoms with Crippen molar-refractivity contribution in [1.82, 2.24) is 5.32 Å². The smallest absolute Gasteiger partial charge is 0.239 e. The van der Waals surface area contributed by atoms with Crippen LogP contribution in [-0.2, 0) is 4.79 Å². The number of rotatable bonds is 5. The van der Waals surface area contributed by atoms with Crippen LogP contribution in [0, 0.1) is 11.3 Å². The SMILES string of the molecule is C[C@@H](NC(=O)CNc1cccc(C#N)c1)c1ccc2c(c1)OCCO2. The standard InChI is InChI=1S/C19H19N3O3/c1-13(15-5-6-17-18(10-15)25-8-7-24-17)22-19(23)12-21-16-4-2-3-14(9-16)11-20/h2-6,9-10,13,21H,7-8,12H2,1H3,(H,22,23)/t13-/m1/s1. The molecule has 0 fully saturated rings. The summed E-state index contributed by atoms with van der Waals surface area (Å²) in [6, 6.07) is 14.6. The first-order valence-electron chi connectivity index (χ1n) is 8.08. The highest BCUT2D eigenvalue weighted by molar-refractivity contribution is 5.81. The molecule has 1 amide bonds. The van der Waals surface area contributed by atoms with Crippen LogP contribution in [0.2, 0.25) is 0 Å². The maximum Gasteiger partial charge on any atom is 0.239 e. The third kappa shape index (κ3) is 4.21. The Morgan fingerprint density at radius 2 is 2.00 bits per heavy atom. The second kappa shape index (κ2) is 7.58. The van der Waals surface area contributed by atoms with Crippen molar-refractivity contribution >= 4 is 11.6 Å². The van der Waals surface area contributed by atoms with E-state index in [4.69, 9.17) is 14.7 Å². The predicted molar refractivity (Wildman–Crippen MR) is 93.6 cm³/mol. The fourth-order valence-corrected chi connectivity index (χ4v) is 2.59. The zero-order valence-electron chi connectivity index (χ0n) is 13.9. The van der Waals surface area contributed by atoms with Crippen molar-refractivity contribution in [2.45, 2.75) is 13.0 Å². The number of carbonyl (C=O) groups is 1. The number of hydrogen-bond donors (Lipinski definition) is 2. The van der Waals surface area contributed by atoms with E-state index in [-0.39, 0.29) is 18.5 Å². The van der Waals surface area contributed by atoms with Crippen LogP contribution in [0.15, 0.2) is 42.5 Å². The third-order valence-electron chi connectivity index (χ3n) is 3.89. The van der Waals surface area contributed by atoms with Gasteiger partial charge in [-0.25, -0.2) is 0 Å². The van der Waals surface area contributed by atoms with Crippen LogP contribution in [0.4, 0.5) is 5.69 Å². The molecule has 0 spiro atoms. The van der Waals surface area contributed by atoms with Gasteiger partial charge in [0, 0.05) is 5.69 Å². The zero-order chi connectivity index (χ0) is 17.6. The molecular weight excluding hydrogens is 318 g/mol. The lowest BCUT2D eigenvalue weighted by Gasteiger charge is -2.21. The number of nitrogens with zero attached hydrogens (tertiary/aromatic N) is 1. The van der Waals surface area contributed by atoms with Crippen molar-refractivity contribution < 1.29 is 14.3 Å². The molecule has 1 heterocycles. The number of nitrogens with one attached hydrogen (secondary N) is 2. The van der Waals surface area contributed by atoms with Crippen LogP contribution in [0.25, 0.3) is 0 Å². The lowest BCUT2D eigenvalue weighted by molar-refractivity contribution is -0.120. The molecule has 1 aliphatic heterocycles. The fraction of sp³-hybridized carbons (Fsp3) is 0.263. The van der Waals surface area contributed by atoms with E-state index in [0.717, 1.165) is 17.0 Å². The minimum atomic E-state index is -0.157. The Labute approximate surface area is 146 Å². The average Bonchev–Trinajstić information content (AvgIpc) is 2.66. The van der Waals surface area contributed by atoms with Gasteiger partial charge in [0.25, 0.3) is 0 Å². The number of benzene rings is 2. The first-order chi connectivity index (χ1) is 12.2. The normalized spacial score (nSPS) is 13.4. The molecule has 0 unspecified atom stereocenters. The summed E-state index contributed by atoms with van der Waals surface area (Å²) in [6.07, 6.45) is 0. The average molecular weight is 337 g/mol. The minimum Gasteiger partial charge on any atom is -0.486 e. The van der Waals surface area contributed by atoms with Crippen LogP contribution in [0.3, 0.4) is 0 Å². The van der Waals surface area contributed by atoms with Gasteiger partial charge < -0.3 is 20.1 Å². The number of anilines is 1. The molecule has 0 saturated carbocycles. The molecule has 0 aromatic heterocycles. The van der Waals surface area contributed by atoms with Gasteiger partial charge in [-0.05, 0) is 42.8 Å². The molecule has 1 atom stereocenters. The summed E-state index contributed by atoms with van der Waals surface area (Å²) in [6.45, 7) is 3.13. The number of nitriles is 1. The summed E-state index contributed by atoms with van der Waals surface area (Å²) in [5.41, 5.74) is 2.24. The Kier molecular flexibility index (Phi) is 5.05. The predicted octanol–water partition coefficient (Wildman–Crippen LogP) is 2.62. The van der Waals surface area contributed by atoms with Crippen molar-refractivity contribution in [2.24, 2.45) is 0 Å². The highest BCUT2D eigenvalue weighted by atomic mass is 16.6. The highest BCUT2D eigenvalue weighted by Gasteiger charge is 2.15. The van der Waals surface area contributed by atoms with E-state index in [0.29, 0.717) is 24.5 Å². The molecule has 6 heteroatoms. The second-order valence-electron chi connectivity index (χ2n) is 5.74. The first kappa shape index (κ1) is 16.7. The van der Waals surface area contributed by atoms with Crippen LogP contribution < -0.4 is 20.1 Å². The molecule has 25 heavy (non-hydrogen) atoms. The maximum atomic E-state index is 12.1. The van der Waals surface area contributed by atoms with Gasteiger partial charge in [-0.2, -0.15) is 5.26 Å².